The van der Waals surface area contributed by atoms with E-state index in [1.165, 1.54) is 24.1 Å². The van der Waals surface area contributed by atoms with Gasteiger partial charge >= 0.3 is 0 Å². The molecule has 0 saturated carbocycles. The lowest BCUT2D eigenvalue weighted by Crippen LogP contribution is -2.53. The van der Waals surface area contributed by atoms with E-state index in [1.807, 2.05) is 27.7 Å². The fourth-order valence-corrected chi connectivity index (χ4v) is 6.67. The van der Waals surface area contributed by atoms with E-state index >= 15 is 0 Å². The van der Waals surface area contributed by atoms with E-state index in [4.69, 9.17) is 16.3 Å². The average molecular weight is 679 g/mol. The largest absolute Gasteiger partial charge is 0.496 e. The second kappa shape index (κ2) is 14.9. The van der Waals surface area contributed by atoms with Crippen LogP contribution in [0.25, 0.3) is 0 Å². The molecular weight excluding hydrogens is 642 g/mol. The van der Waals surface area contributed by atoms with Crippen LogP contribution in [0.5, 0.6) is 5.75 Å². The van der Waals surface area contributed by atoms with Gasteiger partial charge in [0.05, 0.1) is 22.2 Å². The molecule has 42 heavy (non-hydrogen) atoms. The molecule has 0 aliphatic carbocycles. The van der Waals surface area contributed by atoms with Crippen molar-refractivity contribution in [3.05, 3.63) is 87.4 Å². The number of rotatable bonds is 13. The summed E-state index contributed by atoms with van der Waals surface area (Å²) in [5, 5.41) is 3.41. The molecule has 2 atom stereocenters. The SMILES string of the molecule is CCC(C)NC(=O)C(CC)N(Cc1ccccc1Cl)C(=O)CN(c1ccc(C)cc1)S(=O)(=O)c1ccc(OC)c(Br)c1. The quantitative estimate of drug-likeness (QED) is 0.228. The summed E-state index contributed by atoms with van der Waals surface area (Å²) < 4.78 is 35.0. The van der Waals surface area contributed by atoms with Crippen LogP contribution in [0.4, 0.5) is 5.69 Å². The van der Waals surface area contributed by atoms with Crippen LogP contribution in [0.2, 0.25) is 5.02 Å². The summed E-state index contributed by atoms with van der Waals surface area (Å²) in [6.07, 6.45) is 1.04. The van der Waals surface area contributed by atoms with Crippen molar-refractivity contribution in [1.82, 2.24) is 10.2 Å². The smallest absolute Gasteiger partial charge is 0.264 e. The molecule has 0 fully saturated rings. The Labute approximate surface area is 262 Å². The van der Waals surface area contributed by atoms with Gasteiger partial charge in [-0.3, -0.25) is 13.9 Å². The van der Waals surface area contributed by atoms with Gasteiger partial charge in [-0.05, 0) is 84.6 Å². The molecule has 3 aromatic rings. The highest BCUT2D eigenvalue weighted by Crippen LogP contribution is 2.31. The zero-order chi connectivity index (χ0) is 31.0. The molecule has 0 bridgehead atoms. The zero-order valence-corrected chi connectivity index (χ0v) is 27.6. The number of anilines is 1. The van der Waals surface area contributed by atoms with Crippen molar-refractivity contribution in [2.24, 2.45) is 0 Å². The van der Waals surface area contributed by atoms with Crippen LogP contribution in [0.3, 0.4) is 0 Å². The summed E-state index contributed by atoms with van der Waals surface area (Å²) in [6.45, 7) is 7.05. The van der Waals surface area contributed by atoms with E-state index in [2.05, 4.69) is 21.2 Å². The maximum absolute atomic E-state index is 14.2. The summed E-state index contributed by atoms with van der Waals surface area (Å²) >= 11 is 9.82. The fraction of sp³-hybridized carbons (Fsp3) is 0.355. The molecule has 0 radical (unpaired) electrons. The van der Waals surface area contributed by atoms with Gasteiger partial charge in [0.1, 0.15) is 18.3 Å². The van der Waals surface area contributed by atoms with Gasteiger partial charge in [0.15, 0.2) is 0 Å². The van der Waals surface area contributed by atoms with Crippen LogP contribution < -0.4 is 14.4 Å². The highest BCUT2D eigenvalue weighted by molar-refractivity contribution is 9.10. The van der Waals surface area contributed by atoms with Crippen LogP contribution in [-0.4, -0.2) is 50.9 Å². The first-order valence-corrected chi connectivity index (χ1v) is 16.3. The Balaban J connectivity index is 2.09. The first-order valence-electron chi connectivity index (χ1n) is 13.7. The van der Waals surface area contributed by atoms with Crippen molar-refractivity contribution >= 4 is 55.1 Å². The van der Waals surface area contributed by atoms with E-state index in [-0.39, 0.29) is 23.4 Å². The maximum Gasteiger partial charge on any atom is 0.264 e. The van der Waals surface area contributed by atoms with Crippen LogP contribution in [-0.2, 0) is 26.2 Å². The monoisotopic (exact) mass is 677 g/mol. The third-order valence-electron chi connectivity index (χ3n) is 7.00. The van der Waals surface area contributed by atoms with Gasteiger partial charge in [0, 0.05) is 17.6 Å². The van der Waals surface area contributed by atoms with E-state index in [0.29, 0.717) is 32.9 Å². The Morgan fingerprint density at radius 1 is 1.02 bits per heavy atom. The fourth-order valence-electron chi connectivity index (χ4n) is 4.35. The number of amides is 2. The number of hydrogen-bond donors (Lipinski definition) is 1. The number of nitrogens with one attached hydrogen (secondary N) is 1. The van der Waals surface area contributed by atoms with Crippen LogP contribution in [0.1, 0.15) is 44.7 Å². The number of carbonyl (C=O) groups excluding carboxylic acids is 2. The summed E-state index contributed by atoms with van der Waals surface area (Å²) in [5.74, 6) is -0.384. The summed E-state index contributed by atoms with van der Waals surface area (Å²) in [5.41, 5.74) is 1.89. The first kappa shape index (κ1) is 33.4. The molecule has 226 valence electrons. The number of methoxy groups -OCH3 is 1. The second-order valence-electron chi connectivity index (χ2n) is 10.00. The number of aryl methyl sites for hydroxylation is 1. The molecule has 0 aliphatic rings. The van der Waals surface area contributed by atoms with Gasteiger partial charge in [-0.1, -0.05) is 61.3 Å². The summed E-state index contributed by atoms with van der Waals surface area (Å²) in [4.78, 5) is 29.0. The lowest BCUT2D eigenvalue weighted by Gasteiger charge is -2.34. The van der Waals surface area contributed by atoms with Crippen LogP contribution in [0, 0.1) is 6.92 Å². The minimum atomic E-state index is -4.23. The Hall–Kier alpha value is -3.08. The van der Waals surface area contributed by atoms with Gasteiger partial charge in [-0.15, -0.1) is 0 Å². The van der Waals surface area contributed by atoms with Crippen molar-refractivity contribution in [3.63, 3.8) is 0 Å². The number of hydrogen-bond acceptors (Lipinski definition) is 5. The van der Waals surface area contributed by atoms with E-state index in [1.54, 1.807) is 54.6 Å². The third kappa shape index (κ3) is 8.05. The van der Waals surface area contributed by atoms with Crippen molar-refractivity contribution in [2.45, 2.75) is 64.1 Å². The van der Waals surface area contributed by atoms with E-state index in [0.717, 1.165) is 16.3 Å². The standard InChI is InChI=1S/C31H37BrClN3O5S/c1-6-22(4)34-31(38)28(7-2)35(19-23-10-8-9-11-27(23)33)30(37)20-36(24-14-12-21(3)13-15-24)42(39,40)25-16-17-29(41-5)26(32)18-25/h8-18,22,28H,6-7,19-20H2,1-5H3,(H,34,38). The Morgan fingerprint density at radius 2 is 1.69 bits per heavy atom. The topological polar surface area (TPSA) is 96.0 Å². The van der Waals surface area contributed by atoms with Gasteiger partial charge in [0.2, 0.25) is 11.8 Å². The van der Waals surface area contributed by atoms with Crippen molar-refractivity contribution in [1.29, 1.82) is 0 Å². The zero-order valence-electron chi connectivity index (χ0n) is 24.4. The van der Waals surface area contributed by atoms with E-state index < -0.39 is 28.5 Å². The molecule has 8 nitrogen and oxygen atoms in total. The summed E-state index contributed by atoms with van der Waals surface area (Å²) in [6, 6.07) is 17.4. The molecule has 1 N–H and O–H groups in total. The number of benzene rings is 3. The Morgan fingerprint density at radius 3 is 2.26 bits per heavy atom. The lowest BCUT2D eigenvalue weighted by atomic mass is 10.1. The highest BCUT2D eigenvalue weighted by atomic mass is 79.9. The number of halogens is 2. The highest BCUT2D eigenvalue weighted by Gasteiger charge is 2.34. The number of carbonyl (C=O) groups is 2. The normalized spacial score (nSPS) is 12.7. The third-order valence-corrected chi connectivity index (χ3v) is 9.76. The second-order valence-corrected chi connectivity index (χ2v) is 13.1. The van der Waals surface area contributed by atoms with Crippen LogP contribution >= 0.6 is 27.5 Å². The molecule has 0 aliphatic heterocycles. The van der Waals surface area contributed by atoms with Gasteiger partial charge < -0.3 is 15.0 Å². The minimum absolute atomic E-state index is 0.0252. The lowest BCUT2D eigenvalue weighted by molar-refractivity contribution is -0.140. The maximum atomic E-state index is 14.2. The number of nitrogens with zero attached hydrogens (tertiary/aromatic N) is 2. The van der Waals surface area contributed by atoms with Crippen LogP contribution in [0.15, 0.2) is 76.1 Å². The molecule has 3 rings (SSSR count). The molecule has 2 unspecified atom stereocenters. The molecule has 3 aromatic carbocycles. The van der Waals surface area contributed by atoms with E-state index in [9.17, 15) is 18.0 Å². The first-order chi connectivity index (χ1) is 19.9. The molecular formula is C31H37BrClN3O5S. The van der Waals surface area contributed by atoms with Crippen molar-refractivity contribution < 1.29 is 22.7 Å². The predicted octanol–water partition coefficient (Wildman–Crippen LogP) is 6.34. The number of sulfonamides is 1. The van der Waals surface area contributed by atoms with Gasteiger partial charge in [0.25, 0.3) is 10.0 Å². The predicted molar refractivity (Wildman–Crippen MR) is 170 cm³/mol. The summed E-state index contributed by atoms with van der Waals surface area (Å²) in [7, 11) is -2.74. The minimum Gasteiger partial charge on any atom is -0.496 e. The molecule has 0 aromatic heterocycles. The van der Waals surface area contributed by atoms with Gasteiger partial charge in [-0.2, -0.15) is 0 Å². The Bertz CT molecular complexity index is 1500. The van der Waals surface area contributed by atoms with Crippen molar-refractivity contribution in [2.75, 3.05) is 18.0 Å². The number of ether oxygens (including phenoxy) is 1. The van der Waals surface area contributed by atoms with Crippen molar-refractivity contribution in [3.8, 4) is 5.75 Å². The molecule has 11 heteroatoms. The average Bonchev–Trinajstić information content (AvgIpc) is 2.96. The molecule has 0 heterocycles. The molecule has 2 amide bonds. The molecule has 0 spiro atoms. The Kier molecular flexibility index (Phi) is 11.8. The van der Waals surface area contributed by atoms with Gasteiger partial charge in [-0.25, -0.2) is 8.42 Å². The molecule has 0 saturated heterocycles.